The molecule has 1 unspecified atom stereocenters. The summed E-state index contributed by atoms with van der Waals surface area (Å²) in [6.45, 7) is 7.72. The Morgan fingerprint density at radius 3 is 2.68 bits per heavy atom. The van der Waals surface area contributed by atoms with E-state index in [1.54, 1.807) is 0 Å². The number of imidazole rings is 1. The van der Waals surface area contributed by atoms with Crippen molar-refractivity contribution >= 4 is 34.7 Å². The average Bonchev–Trinajstić information content (AvgIpc) is 3.32. The maximum atomic E-state index is 12.6. The standard InChI is InChI=1S/C24H29ClN4O2/c1-24(2,3)31-23(30)28-14-6-7-19(28)15-26-22-27-20-8-4-5-9-21(20)29(22)16-17-10-12-18(25)13-11-17/h4-5,8-13,19H,6-7,14-16H2,1-3H3,(H,26,27). The molecule has 2 aromatic carbocycles. The van der Waals surface area contributed by atoms with Crippen molar-refractivity contribution in [2.75, 3.05) is 18.4 Å². The summed E-state index contributed by atoms with van der Waals surface area (Å²) in [5.41, 5.74) is 2.65. The van der Waals surface area contributed by atoms with Crippen molar-refractivity contribution in [3.63, 3.8) is 0 Å². The van der Waals surface area contributed by atoms with Gasteiger partial charge in [-0.25, -0.2) is 9.78 Å². The zero-order valence-electron chi connectivity index (χ0n) is 18.3. The van der Waals surface area contributed by atoms with Crippen LogP contribution in [-0.2, 0) is 11.3 Å². The zero-order valence-corrected chi connectivity index (χ0v) is 19.0. The molecule has 1 aliphatic heterocycles. The minimum atomic E-state index is -0.496. The highest BCUT2D eigenvalue weighted by atomic mass is 35.5. The fraction of sp³-hybridized carbons (Fsp3) is 0.417. The molecule has 1 aliphatic rings. The second kappa shape index (κ2) is 8.79. The number of nitrogens with zero attached hydrogens (tertiary/aromatic N) is 3. The SMILES string of the molecule is CC(C)(C)OC(=O)N1CCCC1CNc1nc2ccccc2n1Cc1ccc(Cl)cc1. The van der Waals surface area contributed by atoms with Crippen molar-refractivity contribution in [2.45, 2.75) is 51.8 Å². The van der Waals surface area contributed by atoms with E-state index in [9.17, 15) is 4.79 Å². The number of carbonyl (C=O) groups is 1. The molecule has 31 heavy (non-hydrogen) atoms. The fourth-order valence-corrected chi connectivity index (χ4v) is 4.09. The third kappa shape index (κ3) is 5.13. The Labute approximate surface area is 188 Å². The van der Waals surface area contributed by atoms with Gasteiger partial charge in [0.15, 0.2) is 0 Å². The van der Waals surface area contributed by atoms with Crippen LogP contribution in [0.5, 0.6) is 0 Å². The number of fused-ring (bicyclic) bond motifs is 1. The topological polar surface area (TPSA) is 59.4 Å². The van der Waals surface area contributed by atoms with E-state index in [1.165, 1.54) is 0 Å². The first-order valence-electron chi connectivity index (χ1n) is 10.7. The molecule has 0 saturated carbocycles. The van der Waals surface area contributed by atoms with Gasteiger partial charge in [-0.2, -0.15) is 0 Å². The van der Waals surface area contributed by atoms with E-state index in [-0.39, 0.29) is 12.1 Å². The molecule has 1 amide bonds. The molecule has 1 saturated heterocycles. The van der Waals surface area contributed by atoms with Gasteiger partial charge in [-0.3, -0.25) is 0 Å². The lowest BCUT2D eigenvalue weighted by Crippen LogP contribution is -2.42. The normalized spacial score (nSPS) is 16.6. The van der Waals surface area contributed by atoms with Crippen LogP contribution in [0.4, 0.5) is 10.7 Å². The molecular formula is C24H29ClN4O2. The fourth-order valence-electron chi connectivity index (χ4n) is 3.96. The van der Waals surface area contributed by atoms with Crippen LogP contribution in [0.1, 0.15) is 39.2 Å². The van der Waals surface area contributed by atoms with Crippen molar-refractivity contribution in [1.29, 1.82) is 0 Å². The summed E-state index contributed by atoms with van der Waals surface area (Å²) in [6, 6.07) is 16.1. The Kier molecular flexibility index (Phi) is 6.10. The van der Waals surface area contributed by atoms with Crippen LogP contribution < -0.4 is 5.32 Å². The Balaban J connectivity index is 1.53. The van der Waals surface area contributed by atoms with Gasteiger partial charge in [0.1, 0.15) is 5.60 Å². The van der Waals surface area contributed by atoms with Gasteiger partial charge in [0.25, 0.3) is 0 Å². The molecule has 1 atom stereocenters. The second-order valence-electron chi connectivity index (χ2n) is 8.99. The Morgan fingerprint density at radius 2 is 1.94 bits per heavy atom. The molecule has 7 heteroatoms. The largest absolute Gasteiger partial charge is 0.444 e. The molecule has 3 aromatic rings. The van der Waals surface area contributed by atoms with E-state index in [0.717, 1.165) is 47.0 Å². The second-order valence-corrected chi connectivity index (χ2v) is 9.42. The van der Waals surface area contributed by atoms with E-state index in [2.05, 4.69) is 16.0 Å². The number of aromatic nitrogens is 2. The van der Waals surface area contributed by atoms with Crippen LogP contribution in [0.2, 0.25) is 5.02 Å². The first-order valence-corrected chi connectivity index (χ1v) is 11.1. The monoisotopic (exact) mass is 440 g/mol. The first-order chi connectivity index (χ1) is 14.8. The van der Waals surface area contributed by atoms with Crippen molar-refractivity contribution < 1.29 is 9.53 Å². The van der Waals surface area contributed by atoms with Gasteiger partial charge in [-0.05, 0) is 63.4 Å². The molecular weight excluding hydrogens is 412 g/mol. The van der Waals surface area contributed by atoms with Crippen LogP contribution >= 0.6 is 11.6 Å². The van der Waals surface area contributed by atoms with Crippen molar-refractivity contribution in [2.24, 2.45) is 0 Å². The lowest BCUT2D eigenvalue weighted by atomic mass is 10.2. The number of anilines is 1. The highest BCUT2D eigenvalue weighted by molar-refractivity contribution is 6.30. The van der Waals surface area contributed by atoms with Gasteiger partial charge >= 0.3 is 6.09 Å². The number of halogens is 1. The summed E-state index contributed by atoms with van der Waals surface area (Å²) in [4.78, 5) is 19.2. The Bertz CT molecular complexity index is 1060. The molecule has 4 rings (SSSR count). The van der Waals surface area contributed by atoms with E-state index in [1.807, 2.05) is 68.1 Å². The molecule has 6 nitrogen and oxygen atoms in total. The molecule has 0 radical (unpaired) electrons. The molecule has 1 aromatic heterocycles. The van der Waals surface area contributed by atoms with E-state index in [0.29, 0.717) is 13.1 Å². The molecule has 0 spiro atoms. The predicted octanol–water partition coefficient (Wildman–Crippen LogP) is 5.55. The first kappa shape index (κ1) is 21.5. The van der Waals surface area contributed by atoms with Crippen molar-refractivity contribution in [3.05, 3.63) is 59.1 Å². The lowest BCUT2D eigenvalue weighted by molar-refractivity contribution is 0.0235. The van der Waals surface area contributed by atoms with Crippen LogP contribution in [0, 0.1) is 0 Å². The minimum Gasteiger partial charge on any atom is -0.444 e. The number of rotatable bonds is 5. The van der Waals surface area contributed by atoms with Crippen LogP contribution in [0.3, 0.4) is 0 Å². The third-order valence-corrected chi connectivity index (χ3v) is 5.66. The lowest BCUT2D eigenvalue weighted by Gasteiger charge is -2.28. The molecule has 1 fully saturated rings. The van der Waals surface area contributed by atoms with Crippen molar-refractivity contribution in [1.82, 2.24) is 14.5 Å². The Morgan fingerprint density at radius 1 is 1.19 bits per heavy atom. The van der Waals surface area contributed by atoms with E-state index >= 15 is 0 Å². The molecule has 0 bridgehead atoms. The number of benzene rings is 2. The minimum absolute atomic E-state index is 0.0821. The average molecular weight is 441 g/mol. The molecule has 0 aliphatic carbocycles. The predicted molar refractivity (Wildman–Crippen MR) is 125 cm³/mol. The quantitative estimate of drug-likeness (QED) is 0.565. The number of para-hydroxylation sites is 2. The number of ether oxygens (including phenoxy) is 1. The van der Waals surface area contributed by atoms with Crippen molar-refractivity contribution in [3.8, 4) is 0 Å². The molecule has 2 heterocycles. The number of carbonyl (C=O) groups excluding carboxylic acids is 1. The maximum Gasteiger partial charge on any atom is 0.410 e. The van der Waals surface area contributed by atoms with Gasteiger partial charge in [0.2, 0.25) is 5.95 Å². The number of nitrogens with one attached hydrogen (secondary N) is 1. The van der Waals surface area contributed by atoms with Gasteiger partial charge in [-0.15, -0.1) is 0 Å². The van der Waals surface area contributed by atoms with Gasteiger partial charge in [-0.1, -0.05) is 35.9 Å². The number of likely N-dealkylation sites (tertiary alicyclic amines) is 1. The van der Waals surface area contributed by atoms with Gasteiger partial charge in [0.05, 0.1) is 23.6 Å². The summed E-state index contributed by atoms with van der Waals surface area (Å²) in [5.74, 6) is 0.798. The van der Waals surface area contributed by atoms with Crippen LogP contribution in [-0.4, -0.2) is 45.3 Å². The third-order valence-electron chi connectivity index (χ3n) is 5.41. The number of hydrogen-bond acceptors (Lipinski definition) is 4. The summed E-state index contributed by atoms with van der Waals surface area (Å²) in [7, 11) is 0. The molecule has 1 N–H and O–H groups in total. The van der Waals surface area contributed by atoms with Gasteiger partial charge < -0.3 is 19.5 Å². The summed E-state index contributed by atoms with van der Waals surface area (Å²) in [5, 5.41) is 4.22. The Hall–Kier alpha value is -2.73. The van der Waals surface area contributed by atoms with E-state index < -0.39 is 5.60 Å². The summed E-state index contributed by atoms with van der Waals surface area (Å²) < 4.78 is 7.76. The van der Waals surface area contributed by atoms with E-state index in [4.69, 9.17) is 21.3 Å². The number of hydrogen-bond donors (Lipinski definition) is 1. The molecule has 164 valence electrons. The highest BCUT2D eigenvalue weighted by Gasteiger charge is 2.32. The maximum absolute atomic E-state index is 12.6. The number of amides is 1. The van der Waals surface area contributed by atoms with Crippen LogP contribution in [0.25, 0.3) is 11.0 Å². The summed E-state index contributed by atoms with van der Waals surface area (Å²) >= 11 is 6.05. The summed E-state index contributed by atoms with van der Waals surface area (Å²) in [6.07, 6.45) is 1.68. The van der Waals surface area contributed by atoms with Crippen LogP contribution in [0.15, 0.2) is 48.5 Å². The van der Waals surface area contributed by atoms with Gasteiger partial charge in [0, 0.05) is 18.1 Å². The zero-order chi connectivity index (χ0) is 22.0. The smallest absolute Gasteiger partial charge is 0.410 e. The highest BCUT2D eigenvalue weighted by Crippen LogP contribution is 2.24.